The van der Waals surface area contributed by atoms with Gasteiger partial charge in [-0.1, -0.05) is 0 Å². The van der Waals surface area contributed by atoms with Crippen molar-refractivity contribution in [1.29, 1.82) is 0 Å². The first-order chi connectivity index (χ1) is 17.0. The van der Waals surface area contributed by atoms with E-state index in [1.165, 1.54) is 6.33 Å². The lowest BCUT2D eigenvalue weighted by Gasteiger charge is -2.36. The highest BCUT2D eigenvalue weighted by molar-refractivity contribution is 5.95. The summed E-state index contributed by atoms with van der Waals surface area (Å²) in [6.07, 6.45) is 3.13. The number of alkyl halides is 1. The highest BCUT2D eigenvalue weighted by atomic mass is 19.1. The SMILES string of the molecule is Cc1ncnc(C)c1-c1cc(NC(=O)[C@@H]2C[C@H]2F)ccc1OC[C@H]1CCCCN1C(=O)OC(C)(C)C. The van der Waals surface area contributed by atoms with Crippen molar-refractivity contribution in [2.24, 2.45) is 5.92 Å². The first kappa shape index (κ1) is 25.9. The zero-order chi connectivity index (χ0) is 26.0. The Balaban J connectivity index is 1.58. The molecule has 1 aromatic carbocycles. The van der Waals surface area contributed by atoms with Gasteiger partial charge in [0.2, 0.25) is 5.91 Å². The molecule has 194 valence electrons. The Hall–Kier alpha value is -3.23. The van der Waals surface area contributed by atoms with E-state index in [4.69, 9.17) is 9.47 Å². The number of hydrogen-bond acceptors (Lipinski definition) is 6. The number of carbonyl (C=O) groups is 2. The third kappa shape index (κ3) is 6.12. The average Bonchev–Trinajstić information content (AvgIpc) is 3.54. The smallest absolute Gasteiger partial charge is 0.410 e. The van der Waals surface area contributed by atoms with Crippen molar-refractivity contribution >= 4 is 17.7 Å². The second-order valence-electron chi connectivity index (χ2n) is 10.6. The first-order valence-corrected chi connectivity index (χ1v) is 12.5. The Kier molecular flexibility index (Phi) is 7.47. The summed E-state index contributed by atoms with van der Waals surface area (Å²) in [4.78, 5) is 35.6. The molecular formula is C27H35FN4O4. The maximum atomic E-state index is 13.4. The molecule has 8 nitrogen and oxygen atoms in total. The molecule has 1 saturated carbocycles. The van der Waals surface area contributed by atoms with E-state index in [9.17, 15) is 14.0 Å². The largest absolute Gasteiger partial charge is 0.491 e. The van der Waals surface area contributed by atoms with E-state index in [1.54, 1.807) is 17.0 Å². The van der Waals surface area contributed by atoms with Gasteiger partial charge in [0.05, 0.1) is 12.0 Å². The maximum absolute atomic E-state index is 13.4. The number of aromatic nitrogens is 2. The summed E-state index contributed by atoms with van der Waals surface area (Å²) in [5.74, 6) is -0.313. The van der Waals surface area contributed by atoms with E-state index in [0.717, 1.165) is 41.8 Å². The van der Waals surface area contributed by atoms with Gasteiger partial charge in [-0.05, 0) is 78.5 Å². The fraction of sp³-hybridized carbons (Fsp3) is 0.556. The lowest BCUT2D eigenvalue weighted by molar-refractivity contribution is -0.117. The number of carbonyl (C=O) groups excluding carboxylic acids is 2. The molecule has 0 bridgehead atoms. The zero-order valence-corrected chi connectivity index (χ0v) is 21.6. The molecule has 4 rings (SSSR count). The number of hydrogen-bond donors (Lipinski definition) is 1. The number of aryl methyl sites for hydroxylation is 2. The molecule has 9 heteroatoms. The van der Waals surface area contributed by atoms with E-state index in [1.807, 2.05) is 40.7 Å². The van der Waals surface area contributed by atoms with Gasteiger partial charge in [-0.25, -0.2) is 19.2 Å². The van der Waals surface area contributed by atoms with Gasteiger partial charge in [0.25, 0.3) is 0 Å². The van der Waals surface area contributed by atoms with E-state index in [-0.39, 0.29) is 24.5 Å². The number of piperidine rings is 1. The summed E-state index contributed by atoms with van der Waals surface area (Å²) in [6.45, 7) is 10.3. The Morgan fingerprint density at radius 2 is 1.86 bits per heavy atom. The van der Waals surface area contributed by atoms with Gasteiger partial charge in [-0.2, -0.15) is 0 Å². The summed E-state index contributed by atoms with van der Waals surface area (Å²) in [5.41, 5.74) is 3.07. The van der Waals surface area contributed by atoms with Crippen LogP contribution in [0.2, 0.25) is 0 Å². The van der Waals surface area contributed by atoms with Gasteiger partial charge in [0.1, 0.15) is 30.5 Å². The molecule has 2 aliphatic rings. The number of halogens is 1. The van der Waals surface area contributed by atoms with Crippen LogP contribution in [-0.2, 0) is 9.53 Å². The van der Waals surface area contributed by atoms with Crippen LogP contribution in [0.1, 0.15) is 57.8 Å². The van der Waals surface area contributed by atoms with Crippen LogP contribution in [0.3, 0.4) is 0 Å². The Labute approximate surface area is 211 Å². The van der Waals surface area contributed by atoms with Crippen LogP contribution in [0.4, 0.5) is 14.9 Å². The Morgan fingerprint density at radius 3 is 2.50 bits per heavy atom. The van der Waals surface area contributed by atoms with Gasteiger partial charge in [-0.15, -0.1) is 0 Å². The van der Waals surface area contributed by atoms with Gasteiger partial charge in [0, 0.05) is 34.7 Å². The topological polar surface area (TPSA) is 93.6 Å². The molecule has 0 unspecified atom stereocenters. The van der Waals surface area contributed by atoms with Gasteiger partial charge < -0.3 is 19.7 Å². The molecular weight excluding hydrogens is 463 g/mol. The number of amides is 2. The van der Waals surface area contributed by atoms with Crippen molar-refractivity contribution < 1.29 is 23.5 Å². The van der Waals surface area contributed by atoms with E-state index in [0.29, 0.717) is 24.6 Å². The average molecular weight is 499 g/mol. The van der Waals surface area contributed by atoms with E-state index < -0.39 is 17.7 Å². The number of nitrogens with zero attached hydrogens (tertiary/aromatic N) is 3. The summed E-state index contributed by atoms with van der Waals surface area (Å²) < 4.78 is 25.3. The third-order valence-corrected chi connectivity index (χ3v) is 6.48. The van der Waals surface area contributed by atoms with Crippen LogP contribution in [0.15, 0.2) is 24.5 Å². The predicted octanol–water partition coefficient (Wildman–Crippen LogP) is 5.23. The fourth-order valence-corrected chi connectivity index (χ4v) is 4.50. The molecule has 1 N–H and O–H groups in total. The second kappa shape index (κ2) is 10.4. The highest BCUT2D eigenvalue weighted by Gasteiger charge is 2.43. The van der Waals surface area contributed by atoms with Crippen molar-refractivity contribution in [3.8, 4) is 16.9 Å². The normalized spacial score (nSPS) is 21.6. The van der Waals surface area contributed by atoms with Gasteiger partial charge in [0.15, 0.2) is 0 Å². The van der Waals surface area contributed by atoms with E-state index in [2.05, 4.69) is 15.3 Å². The molecule has 1 aromatic heterocycles. The zero-order valence-electron chi connectivity index (χ0n) is 21.6. The van der Waals surface area contributed by atoms with Crippen molar-refractivity contribution in [1.82, 2.24) is 14.9 Å². The highest BCUT2D eigenvalue weighted by Crippen LogP contribution is 2.38. The monoisotopic (exact) mass is 498 g/mol. The molecule has 2 aromatic rings. The second-order valence-corrected chi connectivity index (χ2v) is 10.6. The minimum Gasteiger partial charge on any atom is -0.491 e. The molecule has 3 atom stereocenters. The van der Waals surface area contributed by atoms with E-state index >= 15 is 0 Å². The molecule has 1 saturated heterocycles. The summed E-state index contributed by atoms with van der Waals surface area (Å²) in [5, 5.41) is 2.82. The van der Waals surface area contributed by atoms with Crippen LogP contribution in [0.5, 0.6) is 5.75 Å². The molecule has 1 aliphatic heterocycles. The summed E-state index contributed by atoms with van der Waals surface area (Å²) >= 11 is 0. The molecule has 0 radical (unpaired) electrons. The lowest BCUT2D eigenvalue weighted by Crippen LogP contribution is -2.48. The minimum absolute atomic E-state index is 0.119. The molecule has 0 spiro atoms. The number of nitrogens with one attached hydrogen (secondary N) is 1. The Bertz CT molecular complexity index is 1110. The lowest BCUT2D eigenvalue weighted by atomic mass is 10.0. The molecule has 1 aliphatic carbocycles. The van der Waals surface area contributed by atoms with Gasteiger partial charge >= 0.3 is 6.09 Å². The van der Waals surface area contributed by atoms with Crippen molar-refractivity contribution in [2.75, 3.05) is 18.5 Å². The number of anilines is 1. The van der Waals surface area contributed by atoms with Crippen LogP contribution in [0.25, 0.3) is 11.1 Å². The maximum Gasteiger partial charge on any atom is 0.410 e. The van der Waals surface area contributed by atoms with Crippen LogP contribution in [-0.4, -0.2) is 57.8 Å². The molecule has 2 heterocycles. The quantitative estimate of drug-likeness (QED) is 0.587. The Morgan fingerprint density at radius 1 is 1.17 bits per heavy atom. The summed E-state index contributed by atoms with van der Waals surface area (Å²) in [7, 11) is 0. The molecule has 2 amide bonds. The minimum atomic E-state index is -1.07. The van der Waals surface area contributed by atoms with Gasteiger partial charge in [-0.3, -0.25) is 4.79 Å². The predicted molar refractivity (Wildman–Crippen MR) is 135 cm³/mol. The molecule has 2 fully saturated rings. The van der Waals surface area contributed by atoms with Crippen LogP contribution >= 0.6 is 0 Å². The van der Waals surface area contributed by atoms with Crippen molar-refractivity contribution in [3.63, 3.8) is 0 Å². The number of ether oxygens (including phenoxy) is 2. The third-order valence-electron chi connectivity index (χ3n) is 6.48. The number of likely N-dealkylation sites (tertiary alicyclic amines) is 1. The standard InChI is InChI=1S/C27H35FN4O4/c1-16-24(17(2)30-15-29-16)21-12-18(31-25(33)20-13-22(20)28)9-10-23(21)35-14-19-8-6-7-11-32(19)26(34)36-27(3,4)5/h9-10,12,15,19-20,22H,6-8,11,13-14H2,1-5H3,(H,31,33)/t19-,20-,22-/m1/s1. The fourth-order valence-electron chi connectivity index (χ4n) is 4.50. The summed E-state index contributed by atoms with van der Waals surface area (Å²) in [6, 6.07) is 5.23. The first-order valence-electron chi connectivity index (χ1n) is 12.5. The molecule has 36 heavy (non-hydrogen) atoms. The van der Waals surface area contributed by atoms with Crippen molar-refractivity contribution in [3.05, 3.63) is 35.9 Å². The van der Waals surface area contributed by atoms with Crippen molar-refractivity contribution in [2.45, 2.75) is 78.1 Å². The van der Waals surface area contributed by atoms with Crippen LogP contribution < -0.4 is 10.1 Å². The van der Waals surface area contributed by atoms with Crippen LogP contribution in [0, 0.1) is 19.8 Å². The number of benzene rings is 1. The number of rotatable bonds is 6.